The van der Waals surface area contributed by atoms with Crippen LogP contribution >= 0.6 is 0 Å². The summed E-state index contributed by atoms with van der Waals surface area (Å²) < 4.78 is 0. The summed E-state index contributed by atoms with van der Waals surface area (Å²) in [4.78, 5) is 22.0. The van der Waals surface area contributed by atoms with Gasteiger partial charge >= 0.3 is 0 Å². The van der Waals surface area contributed by atoms with Gasteiger partial charge in [0.05, 0.1) is 4.92 Å². The summed E-state index contributed by atoms with van der Waals surface area (Å²) >= 11 is 0. The lowest BCUT2D eigenvalue weighted by molar-refractivity contribution is -0.384. The molecule has 1 saturated carbocycles. The van der Waals surface area contributed by atoms with E-state index in [0.29, 0.717) is 24.0 Å². The van der Waals surface area contributed by atoms with Crippen molar-refractivity contribution in [3.63, 3.8) is 0 Å². The maximum Gasteiger partial charge on any atom is 0.269 e. The zero-order valence-corrected chi connectivity index (χ0v) is 10.8. The van der Waals surface area contributed by atoms with E-state index in [4.69, 9.17) is 0 Å². The molecule has 2 aliphatic rings. The molecule has 0 amide bonds. The average Bonchev–Trinajstić information content (AvgIpc) is 2.81. The molecule has 2 unspecified atom stereocenters. The van der Waals surface area contributed by atoms with E-state index in [2.05, 4.69) is 0 Å². The van der Waals surface area contributed by atoms with E-state index in [0.717, 1.165) is 37.7 Å². The quantitative estimate of drug-likeness (QED) is 0.604. The lowest BCUT2D eigenvalue weighted by Crippen LogP contribution is -2.20. The van der Waals surface area contributed by atoms with Crippen molar-refractivity contribution >= 4 is 11.5 Å². The number of nitrogens with zero attached hydrogens (tertiary/aromatic N) is 1. The van der Waals surface area contributed by atoms with Gasteiger partial charge in [0.2, 0.25) is 0 Å². The van der Waals surface area contributed by atoms with Crippen molar-refractivity contribution in [2.24, 2.45) is 5.92 Å². The Hall–Kier alpha value is -1.71. The first-order valence-electron chi connectivity index (χ1n) is 6.94. The molecule has 1 aromatic rings. The van der Waals surface area contributed by atoms with Crippen molar-refractivity contribution in [2.75, 3.05) is 0 Å². The highest BCUT2D eigenvalue weighted by atomic mass is 16.6. The van der Waals surface area contributed by atoms with Gasteiger partial charge < -0.3 is 0 Å². The van der Waals surface area contributed by atoms with Gasteiger partial charge in [-0.15, -0.1) is 0 Å². The Labute approximate surface area is 112 Å². The molecule has 0 saturated heterocycles. The van der Waals surface area contributed by atoms with Crippen LogP contribution in [0.4, 0.5) is 5.69 Å². The maximum atomic E-state index is 11.6. The molecular weight excluding hydrogens is 242 g/mol. The van der Waals surface area contributed by atoms with Gasteiger partial charge in [-0.05, 0) is 48.6 Å². The number of hydrogen-bond donors (Lipinski definition) is 0. The van der Waals surface area contributed by atoms with Crippen LogP contribution in [0.5, 0.6) is 0 Å². The van der Waals surface area contributed by atoms with Crippen molar-refractivity contribution in [2.45, 2.75) is 44.4 Å². The van der Waals surface area contributed by atoms with Crippen molar-refractivity contribution in [1.29, 1.82) is 0 Å². The number of non-ortho nitro benzene ring substituents is 1. The molecule has 0 aromatic heterocycles. The van der Waals surface area contributed by atoms with E-state index in [1.807, 2.05) is 6.07 Å². The fourth-order valence-electron chi connectivity index (χ4n) is 3.64. The molecule has 100 valence electrons. The molecule has 0 bridgehead atoms. The van der Waals surface area contributed by atoms with E-state index < -0.39 is 0 Å². The molecule has 2 aliphatic carbocycles. The van der Waals surface area contributed by atoms with Gasteiger partial charge in [-0.1, -0.05) is 6.07 Å². The Morgan fingerprint density at radius 2 is 2.05 bits per heavy atom. The Kier molecular flexibility index (Phi) is 3.09. The Balaban J connectivity index is 1.85. The molecule has 1 aromatic carbocycles. The van der Waals surface area contributed by atoms with Crippen LogP contribution in [-0.4, -0.2) is 10.7 Å². The third kappa shape index (κ3) is 2.27. The molecule has 3 rings (SSSR count). The molecule has 1 fully saturated rings. The predicted molar refractivity (Wildman–Crippen MR) is 71.1 cm³/mol. The zero-order chi connectivity index (χ0) is 13.4. The first-order chi connectivity index (χ1) is 9.15. The summed E-state index contributed by atoms with van der Waals surface area (Å²) in [6, 6.07) is 5.21. The van der Waals surface area contributed by atoms with Crippen LogP contribution < -0.4 is 0 Å². The van der Waals surface area contributed by atoms with Gasteiger partial charge in [0.15, 0.2) is 0 Å². The third-order valence-electron chi connectivity index (χ3n) is 4.55. The number of benzene rings is 1. The van der Waals surface area contributed by atoms with Crippen molar-refractivity contribution in [3.8, 4) is 0 Å². The van der Waals surface area contributed by atoms with E-state index in [-0.39, 0.29) is 10.6 Å². The molecular formula is C15H17NO3. The molecule has 4 nitrogen and oxygen atoms in total. The zero-order valence-electron chi connectivity index (χ0n) is 10.8. The van der Waals surface area contributed by atoms with Crippen molar-refractivity contribution < 1.29 is 9.72 Å². The van der Waals surface area contributed by atoms with Crippen LogP contribution in [0.15, 0.2) is 18.2 Å². The second-order valence-corrected chi connectivity index (χ2v) is 5.68. The Bertz CT molecular complexity index is 538. The van der Waals surface area contributed by atoms with E-state index >= 15 is 0 Å². The maximum absolute atomic E-state index is 11.6. The number of hydrogen-bond acceptors (Lipinski definition) is 3. The molecule has 0 aliphatic heterocycles. The minimum Gasteiger partial charge on any atom is -0.300 e. The minimum atomic E-state index is -0.336. The van der Waals surface area contributed by atoms with Crippen molar-refractivity contribution in [3.05, 3.63) is 39.4 Å². The van der Waals surface area contributed by atoms with Gasteiger partial charge in [0.25, 0.3) is 5.69 Å². The molecule has 0 spiro atoms. The molecule has 19 heavy (non-hydrogen) atoms. The standard InChI is InChI=1S/C15H17NO3/c17-13-3-1-2-10(9-13)14-6-4-11-8-12(16(18)19)5-7-15(11)14/h5,7-8,10,14H,1-4,6,9H2. The van der Waals surface area contributed by atoms with Gasteiger partial charge in [0.1, 0.15) is 5.78 Å². The van der Waals surface area contributed by atoms with Crippen LogP contribution in [0.1, 0.15) is 49.1 Å². The van der Waals surface area contributed by atoms with Crippen LogP contribution in [0.2, 0.25) is 0 Å². The number of carbonyl (C=O) groups is 1. The highest BCUT2D eigenvalue weighted by Crippen LogP contribution is 2.44. The topological polar surface area (TPSA) is 60.2 Å². The number of aryl methyl sites for hydroxylation is 1. The predicted octanol–water partition coefficient (Wildman–Crippen LogP) is 3.38. The first-order valence-corrected chi connectivity index (χ1v) is 6.94. The Morgan fingerprint density at radius 1 is 1.21 bits per heavy atom. The fraction of sp³-hybridized carbons (Fsp3) is 0.533. The number of nitro groups is 1. The van der Waals surface area contributed by atoms with E-state index in [1.165, 1.54) is 5.56 Å². The molecule has 0 N–H and O–H groups in total. The summed E-state index contributed by atoms with van der Waals surface area (Å²) in [5.74, 6) is 1.26. The van der Waals surface area contributed by atoms with Crippen LogP contribution in [0.3, 0.4) is 0 Å². The average molecular weight is 259 g/mol. The lowest BCUT2D eigenvalue weighted by Gasteiger charge is -2.27. The fourth-order valence-corrected chi connectivity index (χ4v) is 3.64. The number of rotatable bonds is 2. The molecule has 4 heteroatoms. The summed E-state index contributed by atoms with van der Waals surface area (Å²) in [7, 11) is 0. The highest BCUT2D eigenvalue weighted by Gasteiger charge is 2.33. The smallest absolute Gasteiger partial charge is 0.269 e. The normalized spacial score (nSPS) is 26.2. The number of fused-ring (bicyclic) bond motifs is 1. The summed E-state index contributed by atoms with van der Waals surface area (Å²) in [6.07, 6.45) is 5.49. The second kappa shape index (κ2) is 4.76. The summed E-state index contributed by atoms with van der Waals surface area (Å²) in [5.41, 5.74) is 2.53. The number of Topliss-reactive ketones (excluding diaryl/α,β-unsaturated/α-hetero) is 1. The summed E-state index contributed by atoms with van der Waals surface area (Å²) in [6.45, 7) is 0. The number of ketones is 1. The van der Waals surface area contributed by atoms with Crippen LogP contribution in [0.25, 0.3) is 0 Å². The number of carbonyl (C=O) groups excluding carboxylic acids is 1. The van der Waals surface area contributed by atoms with Gasteiger partial charge in [-0.2, -0.15) is 0 Å². The van der Waals surface area contributed by atoms with Gasteiger partial charge in [0, 0.05) is 25.0 Å². The first kappa shape index (κ1) is 12.3. The van der Waals surface area contributed by atoms with E-state index in [1.54, 1.807) is 12.1 Å². The van der Waals surface area contributed by atoms with E-state index in [9.17, 15) is 14.9 Å². The van der Waals surface area contributed by atoms with Crippen molar-refractivity contribution in [1.82, 2.24) is 0 Å². The third-order valence-corrected chi connectivity index (χ3v) is 4.55. The van der Waals surface area contributed by atoms with Crippen LogP contribution in [-0.2, 0) is 11.2 Å². The van der Waals surface area contributed by atoms with Gasteiger partial charge in [-0.25, -0.2) is 0 Å². The molecule has 0 radical (unpaired) electrons. The summed E-state index contributed by atoms with van der Waals surface area (Å²) in [5, 5.41) is 10.8. The monoisotopic (exact) mass is 259 g/mol. The minimum absolute atomic E-state index is 0.180. The van der Waals surface area contributed by atoms with Gasteiger partial charge in [-0.3, -0.25) is 14.9 Å². The molecule has 2 atom stereocenters. The second-order valence-electron chi connectivity index (χ2n) is 5.68. The Morgan fingerprint density at radius 3 is 2.79 bits per heavy atom. The number of nitro benzene ring substituents is 1. The SMILES string of the molecule is O=C1CCCC(C2CCc3cc([N+](=O)[O-])ccc32)C1. The van der Waals surface area contributed by atoms with Crippen LogP contribution in [0, 0.1) is 16.0 Å². The highest BCUT2D eigenvalue weighted by molar-refractivity contribution is 5.79. The lowest BCUT2D eigenvalue weighted by atomic mass is 9.77. The molecule has 0 heterocycles. The largest absolute Gasteiger partial charge is 0.300 e.